The Morgan fingerprint density at radius 2 is 2.16 bits per heavy atom. The summed E-state index contributed by atoms with van der Waals surface area (Å²) in [5.41, 5.74) is 0. The van der Waals surface area contributed by atoms with Crippen LogP contribution in [0.2, 0.25) is 0 Å². The molecule has 0 aliphatic heterocycles. The number of hydrogen-bond donors (Lipinski definition) is 1. The largest absolute Gasteiger partial charge is 0.481 e. The fourth-order valence-electron chi connectivity index (χ4n) is 1.60. The maximum absolute atomic E-state index is 12.2. The Balaban J connectivity index is 2.93. The van der Waals surface area contributed by atoms with Gasteiger partial charge in [0.05, 0.1) is 6.42 Å². The lowest BCUT2D eigenvalue weighted by Crippen LogP contribution is -2.29. The zero-order valence-corrected chi connectivity index (χ0v) is 12.1. The summed E-state index contributed by atoms with van der Waals surface area (Å²) in [5.74, 6) is -0.401. The van der Waals surface area contributed by atoms with Crippen molar-refractivity contribution in [1.82, 2.24) is 13.9 Å². The minimum Gasteiger partial charge on any atom is -0.481 e. The predicted octanol–water partition coefficient (Wildman–Crippen LogP) is 0.697. The fourth-order valence-corrected chi connectivity index (χ4v) is 2.76. The number of carboxylic acid groups (broad SMARTS) is 1. The van der Waals surface area contributed by atoms with Crippen LogP contribution in [-0.2, 0) is 21.4 Å². The van der Waals surface area contributed by atoms with Crippen LogP contribution in [0.4, 0.5) is 0 Å². The van der Waals surface area contributed by atoms with Gasteiger partial charge in [-0.3, -0.25) is 4.79 Å². The molecule has 0 radical (unpaired) electrons. The molecular formula is C11H19N3O4S. The van der Waals surface area contributed by atoms with Gasteiger partial charge in [-0.05, 0) is 13.3 Å². The SMILES string of the molecule is CCCn1cc(S(=O)(=O)N(C)CCC(=O)O)nc1C. The minimum absolute atomic E-state index is 0.0358. The third kappa shape index (κ3) is 3.77. The first-order valence-electron chi connectivity index (χ1n) is 6.01. The molecule has 1 heterocycles. The summed E-state index contributed by atoms with van der Waals surface area (Å²) in [6.07, 6.45) is 2.14. The highest BCUT2D eigenvalue weighted by Crippen LogP contribution is 2.14. The molecule has 1 N–H and O–H groups in total. The molecule has 19 heavy (non-hydrogen) atoms. The zero-order valence-electron chi connectivity index (χ0n) is 11.3. The predicted molar refractivity (Wildman–Crippen MR) is 69.3 cm³/mol. The van der Waals surface area contributed by atoms with Crippen LogP contribution in [0.1, 0.15) is 25.6 Å². The van der Waals surface area contributed by atoms with Gasteiger partial charge in [-0.1, -0.05) is 6.92 Å². The van der Waals surface area contributed by atoms with Gasteiger partial charge in [0.15, 0.2) is 5.03 Å². The summed E-state index contributed by atoms with van der Waals surface area (Å²) >= 11 is 0. The molecule has 1 rings (SSSR count). The van der Waals surface area contributed by atoms with Crippen LogP contribution in [0.25, 0.3) is 0 Å². The quantitative estimate of drug-likeness (QED) is 0.797. The normalized spacial score (nSPS) is 12.0. The van der Waals surface area contributed by atoms with E-state index >= 15 is 0 Å². The van der Waals surface area contributed by atoms with Gasteiger partial charge < -0.3 is 9.67 Å². The Kier molecular flexibility index (Phi) is 5.07. The van der Waals surface area contributed by atoms with Crippen LogP contribution >= 0.6 is 0 Å². The van der Waals surface area contributed by atoms with Crippen molar-refractivity contribution >= 4 is 16.0 Å². The average molecular weight is 289 g/mol. The standard InChI is InChI=1S/C11H19N3O4S/c1-4-6-14-8-10(12-9(14)2)19(17,18)13(3)7-5-11(15)16/h8H,4-7H2,1-3H3,(H,15,16). The van der Waals surface area contributed by atoms with Crippen molar-refractivity contribution in [3.63, 3.8) is 0 Å². The number of nitrogens with zero attached hydrogens (tertiary/aromatic N) is 3. The molecule has 0 atom stereocenters. The van der Waals surface area contributed by atoms with Gasteiger partial charge in [0, 0.05) is 26.3 Å². The van der Waals surface area contributed by atoms with Gasteiger partial charge in [0.1, 0.15) is 5.82 Å². The molecule has 0 bridgehead atoms. The van der Waals surface area contributed by atoms with E-state index in [1.54, 1.807) is 11.5 Å². The van der Waals surface area contributed by atoms with Crippen molar-refractivity contribution in [3.05, 3.63) is 12.0 Å². The molecule has 7 nitrogen and oxygen atoms in total. The number of carbonyl (C=O) groups is 1. The molecule has 0 amide bonds. The molecule has 0 aliphatic rings. The number of rotatable bonds is 7. The summed E-state index contributed by atoms with van der Waals surface area (Å²) in [6, 6.07) is 0. The summed E-state index contributed by atoms with van der Waals surface area (Å²) in [4.78, 5) is 14.5. The second-order valence-corrected chi connectivity index (χ2v) is 6.28. The Morgan fingerprint density at radius 1 is 1.53 bits per heavy atom. The van der Waals surface area contributed by atoms with E-state index in [2.05, 4.69) is 4.98 Å². The second-order valence-electron chi connectivity index (χ2n) is 4.29. The van der Waals surface area contributed by atoms with Crippen LogP contribution in [0.5, 0.6) is 0 Å². The Labute approximate surface area is 112 Å². The van der Waals surface area contributed by atoms with Gasteiger partial charge in [0.2, 0.25) is 0 Å². The van der Waals surface area contributed by atoms with Crippen LogP contribution in [0, 0.1) is 6.92 Å². The number of aliphatic carboxylic acids is 1. The lowest BCUT2D eigenvalue weighted by atomic mass is 10.4. The summed E-state index contributed by atoms with van der Waals surface area (Å²) in [6.45, 7) is 4.36. The van der Waals surface area contributed by atoms with E-state index in [-0.39, 0.29) is 18.0 Å². The lowest BCUT2D eigenvalue weighted by Gasteiger charge is -2.13. The van der Waals surface area contributed by atoms with Crippen molar-refractivity contribution in [3.8, 4) is 0 Å². The topological polar surface area (TPSA) is 92.5 Å². The monoisotopic (exact) mass is 289 g/mol. The maximum Gasteiger partial charge on any atom is 0.304 e. The van der Waals surface area contributed by atoms with Crippen molar-refractivity contribution < 1.29 is 18.3 Å². The first kappa shape index (κ1) is 15.6. The van der Waals surface area contributed by atoms with Crippen LogP contribution in [0.3, 0.4) is 0 Å². The van der Waals surface area contributed by atoms with Gasteiger partial charge in [0.25, 0.3) is 10.0 Å². The molecule has 1 aromatic heterocycles. The zero-order chi connectivity index (χ0) is 14.6. The maximum atomic E-state index is 12.2. The first-order valence-corrected chi connectivity index (χ1v) is 7.45. The van der Waals surface area contributed by atoms with E-state index < -0.39 is 16.0 Å². The smallest absolute Gasteiger partial charge is 0.304 e. The molecule has 0 saturated carbocycles. The van der Waals surface area contributed by atoms with E-state index in [4.69, 9.17) is 5.11 Å². The molecular weight excluding hydrogens is 270 g/mol. The van der Waals surface area contributed by atoms with Gasteiger partial charge in [-0.2, -0.15) is 4.31 Å². The Bertz CT molecular complexity index is 550. The van der Waals surface area contributed by atoms with Crippen LogP contribution < -0.4 is 0 Å². The third-order valence-corrected chi connectivity index (χ3v) is 4.46. The average Bonchev–Trinajstić information content (AvgIpc) is 2.69. The number of aryl methyl sites for hydroxylation is 2. The molecule has 0 saturated heterocycles. The van der Waals surface area contributed by atoms with Crippen molar-refractivity contribution in [1.29, 1.82) is 0 Å². The third-order valence-electron chi connectivity index (χ3n) is 2.73. The molecule has 0 aliphatic carbocycles. The second kappa shape index (κ2) is 6.16. The highest BCUT2D eigenvalue weighted by atomic mass is 32.2. The van der Waals surface area contributed by atoms with Gasteiger partial charge in [-0.25, -0.2) is 13.4 Å². The van der Waals surface area contributed by atoms with Crippen molar-refractivity contribution in [2.45, 2.75) is 38.3 Å². The molecule has 8 heteroatoms. The molecule has 108 valence electrons. The summed E-state index contributed by atoms with van der Waals surface area (Å²) in [5, 5.41) is 8.54. The fraction of sp³-hybridized carbons (Fsp3) is 0.636. The van der Waals surface area contributed by atoms with Crippen LogP contribution in [-0.4, -0.2) is 46.9 Å². The van der Waals surface area contributed by atoms with E-state index in [1.807, 2.05) is 6.92 Å². The lowest BCUT2D eigenvalue weighted by molar-refractivity contribution is -0.137. The van der Waals surface area contributed by atoms with Crippen LogP contribution in [0.15, 0.2) is 11.2 Å². The van der Waals surface area contributed by atoms with Crippen molar-refractivity contribution in [2.75, 3.05) is 13.6 Å². The molecule has 0 unspecified atom stereocenters. The Hall–Kier alpha value is -1.41. The number of carboxylic acids is 1. The minimum atomic E-state index is -3.72. The summed E-state index contributed by atoms with van der Waals surface area (Å²) < 4.78 is 27.1. The van der Waals surface area contributed by atoms with Crippen molar-refractivity contribution in [2.24, 2.45) is 0 Å². The first-order chi connectivity index (χ1) is 8.78. The number of sulfonamides is 1. The highest BCUT2D eigenvalue weighted by Gasteiger charge is 2.24. The number of hydrogen-bond acceptors (Lipinski definition) is 4. The van der Waals surface area contributed by atoms with Gasteiger partial charge in [-0.15, -0.1) is 0 Å². The number of imidazole rings is 1. The van der Waals surface area contributed by atoms with E-state index in [0.29, 0.717) is 12.4 Å². The number of aromatic nitrogens is 2. The van der Waals surface area contributed by atoms with E-state index in [1.165, 1.54) is 13.2 Å². The summed E-state index contributed by atoms with van der Waals surface area (Å²) in [7, 11) is -2.36. The van der Waals surface area contributed by atoms with E-state index in [9.17, 15) is 13.2 Å². The van der Waals surface area contributed by atoms with Gasteiger partial charge >= 0.3 is 5.97 Å². The molecule has 0 fully saturated rings. The van der Waals surface area contributed by atoms with E-state index in [0.717, 1.165) is 10.7 Å². The Morgan fingerprint density at radius 3 is 2.68 bits per heavy atom. The molecule has 0 aromatic carbocycles. The molecule has 0 spiro atoms. The highest BCUT2D eigenvalue weighted by molar-refractivity contribution is 7.89. The molecule has 1 aromatic rings.